The van der Waals surface area contributed by atoms with E-state index in [4.69, 9.17) is 0 Å². The van der Waals surface area contributed by atoms with Crippen LogP contribution in [0.3, 0.4) is 0 Å². The van der Waals surface area contributed by atoms with Crippen LogP contribution in [0.5, 0.6) is 0 Å². The molecule has 0 bridgehead atoms. The van der Waals surface area contributed by atoms with E-state index in [0.717, 1.165) is 19.5 Å². The fourth-order valence-electron chi connectivity index (χ4n) is 1.69. The minimum absolute atomic E-state index is 0.000370. The number of nitrogens with zero attached hydrogens (tertiary/aromatic N) is 1. The summed E-state index contributed by atoms with van der Waals surface area (Å²) in [5, 5.41) is 3.07. The normalized spacial score (nSPS) is 22.4. The molecule has 0 saturated carbocycles. The van der Waals surface area contributed by atoms with Gasteiger partial charge in [0.05, 0.1) is 19.6 Å². The summed E-state index contributed by atoms with van der Waals surface area (Å²) in [4.78, 5) is 24.8. The van der Waals surface area contributed by atoms with Crippen LogP contribution in [0.2, 0.25) is 0 Å². The molecule has 1 atom stereocenters. The number of hydrogen-bond acceptors (Lipinski definition) is 4. The minimum atomic E-state index is -0.417. The van der Waals surface area contributed by atoms with E-state index in [9.17, 15) is 9.59 Å². The van der Waals surface area contributed by atoms with Crippen molar-refractivity contribution < 1.29 is 14.3 Å². The summed E-state index contributed by atoms with van der Waals surface area (Å²) in [6, 6.07) is -0.417. The Bertz CT molecular complexity index is 243. The number of ether oxygens (including phenoxy) is 1. The lowest BCUT2D eigenvalue weighted by molar-refractivity contribution is -0.144. The zero-order valence-electron chi connectivity index (χ0n) is 9.28. The molecule has 1 aliphatic heterocycles. The van der Waals surface area contributed by atoms with E-state index >= 15 is 0 Å². The van der Waals surface area contributed by atoms with Crippen LogP contribution >= 0.6 is 0 Å². The van der Waals surface area contributed by atoms with Crippen molar-refractivity contribution in [2.24, 2.45) is 0 Å². The molecule has 1 aliphatic rings. The van der Waals surface area contributed by atoms with Gasteiger partial charge in [-0.2, -0.15) is 0 Å². The number of carbonyl (C=O) groups excluding carboxylic acids is 2. The van der Waals surface area contributed by atoms with Crippen LogP contribution in [0.15, 0.2) is 0 Å². The Hall–Kier alpha value is -1.10. The van der Waals surface area contributed by atoms with Gasteiger partial charge in [0, 0.05) is 13.1 Å². The lowest BCUT2D eigenvalue weighted by Gasteiger charge is -2.22. The average Bonchev–Trinajstić information content (AvgIpc) is 2.42. The van der Waals surface area contributed by atoms with Crippen LogP contribution in [0.25, 0.3) is 0 Å². The molecule has 15 heavy (non-hydrogen) atoms. The molecule has 0 aromatic carbocycles. The smallest absolute Gasteiger partial charge is 0.307 e. The third-order valence-electron chi connectivity index (χ3n) is 2.59. The average molecular weight is 214 g/mol. The monoisotopic (exact) mass is 214 g/mol. The first-order valence-corrected chi connectivity index (χ1v) is 5.28. The number of carbonyl (C=O) groups is 2. The maximum Gasteiger partial charge on any atom is 0.307 e. The highest BCUT2D eigenvalue weighted by Crippen LogP contribution is 2.06. The van der Waals surface area contributed by atoms with Crippen molar-refractivity contribution in [1.82, 2.24) is 10.2 Å². The molecule has 1 amide bonds. The molecule has 0 spiro atoms. The molecule has 0 radical (unpaired) electrons. The van der Waals surface area contributed by atoms with Gasteiger partial charge in [0.25, 0.3) is 0 Å². The van der Waals surface area contributed by atoms with E-state index in [-0.39, 0.29) is 18.3 Å². The molecular formula is C10H18N2O3. The maximum absolute atomic E-state index is 11.9. The lowest BCUT2D eigenvalue weighted by atomic mass is 10.2. The van der Waals surface area contributed by atoms with E-state index in [0.29, 0.717) is 6.54 Å². The zero-order chi connectivity index (χ0) is 11.3. The number of methoxy groups -OCH3 is 1. The van der Waals surface area contributed by atoms with E-state index in [2.05, 4.69) is 10.1 Å². The first kappa shape index (κ1) is 12.0. The third-order valence-corrected chi connectivity index (χ3v) is 2.59. The second-order valence-electron chi connectivity index (χ2n) is 3.56. The molecule has 86 valence electrons. The van der Waals surface area contributed by atoms with Crippen molar-refractivity contribution in [3.05, 3.63) is 0 Å². The van der Waals surface area contributed by atoms with Crippen molar-refractivity contribution in [3.63, 3.8) is 0 Å². The molecule has 0 aromatic rings. The van der Waals surface area contributed by atoms with E-state index < -0.39 is 6.04 Å². The Kier molecular flexibility index (Phi) is 4.55. The summed E-state index contributed by atoms with van der Waals surface area (Å²) in [5.41, 5.74) is 0. The zero-order valence-corrected chi connectivity index (χ0v) is 9.28. The molecule has 1 fully saturated rings. The van der Waals surface area contributed by atoms with Crippen LogP contribution in [-0.4, -0.2) is 49.6 Å². The van der Waals surface area contributed by atoms with Gasteiger partial charge in [0.2, 0.25) is 5.91 Å². The van der Waals surface area contributed by atoms with E-state index in [1.807, 2.05) is 6.92 Å². The number of likely N-dealkylation sites (N-methyl/N-ethyl adjacent to an activating group) is 1. The van der Waals surface area contributed by atoms with Crippen LogP contribution in [0.4, 0.5) is 0 Å². The van der Waals surface area contributed by atoms with Gasteiger partial charge in [-0.05, 0) is 19.9 Å². The SMILES string of the molecule is CCN1CCCNC(CC(=O)OC)C1=O. The van der Waals surface area contributed by atoms with Crippen LogP contribution in [0.1, 0.15) is 19.8 Å². The highest BCUT2D eigenvalue weighted by Gasteiger charge is 2.27. The highest BCUT2D eigenvalue weighted by molar-refractivity contribution is 5.86. The summed E-state index contributed by atoms with van der Waals surface area (Å²) in [7, 11) is 1.33. The molecule has 5 nitrogen and oxygen atoms in total. The van der Waals surface area contributed by atoms with Gasteiger partial charge >= 0.3 is 5.97 Å². The molecule has 0 aliphatic carbocycles. The van der Waals surface area contributed by atoms with Gasteiger partial charge < -0.3 is 15.0 Å². The summed E-state index contributed by atoms with van der Waals surface area (Å²) in [5.74, 6) is -0.348. The lowest BCUT2D eigenvalue weighted by Crippen LogP contribution is -2.44. The first-order chi connectivity index (χ1) is 7.19. The van der Waals surface area contributed by atoms with Crippen LogP contribution in [-0.2, 0) is 14.3 Å². The third kappa shape index (κ3) is 3.20. The fraction of sp³-hybridized carbons (Fsp3) is 0.800. The van der Waals surface area contributed by atoms with Gasteiger partial charge in [0.1, 0.15) is 0 Å². The molecule has 1 saturated heterocycles. The summed E-state index contributed by atoms with van der Waals surface area (Å²) < 4.78 is 4.56. The van der Waals surface area contributed by atoms with E-state index in [1.165, 1.54) is 7.11 Å². The van der Waals surface area contributed by atoms with E-state index in [1.54, 1.807) is 4.90 Å². The van der Waals surface area contributed by atoms with Crippen molar-refractivity contribution >= 4 is 11.9 Å². The highest BCUT2D eigenvalue weighted by atomic mass is 16.5. The number of rotatable bonds is 3. The summed E-state index contributed by atoms with van der Waals surface area (Å²) >= 11 is 0. The Labute approximate surface area is 89.8 Å². The molecular weight excluding hydrogens is 196 g/mol. The largest absolute Gasteiger partial charge is 0.469 e. The summed E-state index contributed by atoms with van der Waals surface area (Å²) in [6.45, 7) is 4.17. The molecule has 1 unspecified atom stereocenters. The maximum atomic E-state index is 11.9. The molecule has 1 N–H and O–H groups in total. The Morgan fingerprint density at radius 1 is 1.67 bits per heavy atom. The number of esters is 1. The Morgan fingerprint density at radius 3 is 3.00 bits per heavy atom. The van der Waals surface area contributed by atoms with Gasteiger partial charge in [-0.3, -0.25) is 9.59 Å². The topological polar surface area (TPSA) is 58.6 Å². The Balaban J connectivity index is 2.60. The predicted octanol–water partition coefficient (Wildman–Crippen LogP) is -0.240. The molecule has 0 aromatic heterocycles. The standard InChI is InChI=1S/C10H18N2O3/c1-3-12-6-4-5-11-8(10(12)14)7-9(13)15-2/h8,11H,3-7H2,1-2H3. The van der Waals surface area contributed by atoms with Gasteiger partial charge in [-0.25, -0.2) is 0 Å². The molecule has 1 rings (SSSR count). The number of hydrogen-bond donors (Lipinski definition) is 1. The second kappa shape index (κ2) is 5.70. The fourth-order valence-corrected chi connectivity index (χ4v) is 1.69. The van der Waals surface area contributed by atoms with Crippen molar-refractivity contribution in [2.45, 2.75) is 25.8 Å². The van der Waals surface area contributed by atoms with Gasteiger partial charge in [-0.15, -0.1) is 0 Å². The molecule has 1 heterocycles. The Morgan fingerprint density at radius 2 is 2.40 bits per heavy atom. The molecule has 5 heteroatoms. The van der Waals surface area contributed by atoms with Gasteiger partial charge in [0.15, 0.2) is 0 Å². The quantitative estimate of drug-likeness (QED) is 0.659. The van der Waals surface area contributed by atoms with Crippen LogP contribution in [0, 0.1) is 0 Å². The first-order valence-electron chi connectivity index (χ1n) is 5.28. The number of nitrogens with one attached hydrogen (secondary N) is 1. The predicted molar refractivity (Wildman–Crippen MR) is 55.3 cm³/mol. The van der Waals surface area contributed by atoms with Crippen molar-refractivity contribution in [1.29, 1.82) is 0 Å². The second-order valence-corrected chi connectivity index (χ2v) is 3.56. The van der Waals surface area contributed by atoms with Crippen molar-refractivity contribution in [3.8, 4) is 0 Å². The summed E-state index contributed by atoms with van der Waals surface area (Å²) in [6.07, 6.45) is 1.04. The number of amides is 1. The minimum Gasteiger partial charge on any atom is -0.469 e. The van der Waals surface area contributed by atoms with Crippen LogP contribution < -0.4 is 5.32 Å². The van der Waals surface area contributed by atoms with Gasteiger partial charge in [-0.1, -0.05) is 0 Å². The van der Waals surface area contributed by atoms with Crippen molar-refractivity contribution in [2.75, 3.05) is 26.7 Å².